The Morgan fingerprint density at radius 1 is 1.37 bits per heavy atom. The van der Waals surface area contributed by atoms with Gasteiger partial charge in [0.1, 0.15) is 0 Å². The summed E-state index contributed by atoms with van der Waals surface area (Å²) in [6.07, 6.45) is 1.56. The first-order valence-electron chi connectivity index (χ1n) is 6.48. The number of nitrogens with one attached hydrogen (secondary N) is 1. The van der Waals surface area contributed by atoms with Crippen molar-refractivity contribution in [3.63, 3.8) is 0 Å². The predicted molar refractivity (Wildman–Crippen MR) is 74.5 cm³/mol. The molecule has 4 heteroatoms. The van der Waals surface area contributed by atoms with Crippen LogP contribution in [0.15, 0.2) is 24.3 Å². The van der Waals surface area contributed by atoms with Crippen LogP contribution >= 0.6 is 0 Å². The maximum Gasteiger partial charge on any atom is 0.227 e. The molecular weight excluding hydrogens is 240 g/mol. The molecule has 1 heterocycles. The molecular formula is C15H18N2O2. The first kappa shape index (κ1) is 13.6. The molecule has 19 heavy (non-hydrogen) atoms. The van der Waals surface area contributed by atoms with Crippen molar-refractivity contribution in [1.29, 1.82) is 0 Å². The standard InChI is InChI=1S/C15H18N2O2/c16-9-3-5-12-4-1-2-6-14(12)17-15(18)13-7-10-19-11-8-13/h1-2,4,6,13H,7-11,16H2,(H,17,18). The molecule has 0 atom stereocenters. The fourth-order valence-corrected chi connectivity index (χ4v) is 2.04. The third-order valence-corrected chi connectivity index (χ3v) is 3.10. The highest BCUT2D eigenvalue weighted by atomic mass is 16.5. The highest BCUT2D eigenvalue weighted by molar-refractivity contribution is 5.93. The Labute approximate surface area is 113 Å². The maximum atomic E-state index is 12.2. The largest absolute Gasteiger partial charge is 0.381 e. The van der Waals surface area contributed by atoms with Crippen LogP contribution in [0.4, 0.5) is 5.69 Å². The molecule has 1 aromatic carbocycles. The van der Waals surface area contributed by atoms with Crippen molar-refractivity contribution < 1.29 is 9.53 Å². The highest BCUT2D eigenvalue weighted by Crippen LogP contribution is 2.19. The Hall–Kier alpha value is -1.83. The van der Waals surface area contributed by atoms with Crippen LogP contribution in [0.1, 0.15) is 18.4 Å². The lowest BCUT2D eigenvalue weighted by atomic mass is 9.99. The summed E-state index contributed by atoms with van der Waals surface area (Å²) < 4.78 is 5.26. The zero-order valence-corrected chi connectivity index (χ0v) is 10.8. The smallest absolute Gasteiger partial charge is 0.227 e. The molecule has 1 aliphatic heterocycles. The van der Waals surface area contributed by atoms with Crippen molar-refractivity contribution in [2.75, 3.05) is 25.1 Å². The first-order chi connectivity index (χ1) is 9.31. The second-order valence-corrected chi connectivity index (χ2v) is 4.43. The van der Waals surface area contributed by atoms with E-state index in [4.69, 9.17) is 10.5 Å². The fourth-order valence-electron chi connectivity index (χ4n) is 2.04. The second kappa shape index (κ2) is 6.93. The van der Waals surface area contributed by atoms with Crippen molar-refractivity contribution in [1.82, 2.24) is 0 Å². The number of ether oxygens (including phenoxy) is 1. The minimum absolute atomic E-state index is 0.0317. The molecule has 100 valence electrons. The Bertz CT molecular complexity index is 496. The van der Waals surface area contributed by atoms with Crippen molar-refractivity contribution in [3.05, 3.63) is 29.8 Å². The summed E-state index contributed by atoms with van der Waals surface area (Å²) in [6, 6.07) is 7.51. The van der Waals surface area contributed by atoms with E-state index in [1.165, 1.54) is 0 Å². The lowest BCUT2D eigenvalue weighted by Gasteiger charge is -2.21. The monoisotopic (exact) mass is 258 g/mol. The number of hydrogen-bond acceptors (Lipinski definition) is 3. The van der Waals surface area contributed by atoms with Gasteiger partial charge in [0, 0.05) is 24.7 Å². The summed E-state index contributed by atoms with van der Waals surface area (Å²) in [7, 11) is 0. The van der Waals surface area contributed by atoms with E-state index in [2.05, 4.69) is 17.2 Å². The van der Waals surface area contributed by atoms with Crippen LogP contribution in [0.5, 0.6) is 0 Å². The molecule has 1 saturated heterocycles. The van der Waals surface area contributed by atoms with Gasteiger partial charge in [0.05, 0.1) is 12.2 Å². The number of benzene rings is 1. The topological polar surface area (TPSA) is 64.3 Å². The van der Waals surface area contributed by atoms with Gasteiger partial charge in [-0.25, -0.2) is 0 Å². The van der Waals surface area contributed by atoms with Crippen LogP contribution in [-0.2, 0) is 9.53 Å². The van der Waals surface area contributed by atoms with Gasteiger partial charge in [0.15, 0.2) is 0 Å². The van der Waals surface area contributed by atoms with Gasteiger partial charge in [-0.05, 0) is 25.0 Å². The van der Waals surface area contributed by atoms with Gasteiger partial charge < -0.3 is 15.8 Å². The second-order valence-electron chi connectivity index (χ2n) is 4.43. The van der Waals surface area contributed by atoms with E-state index >= 15 is 0 Å². The minimum Gasteiger partial charge on any atom is -0.381 e. The predicted octanol–water partition coefficient (Wildman–Crippen LogP) is 1.36. The Morgan fingerprint density at radius 2 is 2.11 bits per heavy atom. The normalized spacial score (nSPS) is 15.4. The third kappa shape index (κ3) is 3.82. The third-order valence-electron chi connectivity index (χ3n) is 3.10. The molecule has 0 aliphatic carbocycles. The van der Waals surface area contributed by atoms with Crippen molar-refractivity contribution in [3.8, 4) is 11.8 Å². The van der Waals surface area contributed by atoms with Crippen molar-refractivity contribution in [2.24, 2.45) is 11.7 Å². The van der Waals surface area contributed by atoms with Crippen LogP contribution in [0.2, 0.25) is 0 Å². The maximum absolute atomic E-state index is 12.2. The van der Waals surface area contributed by atoms with Gasteiger partial charge in [0.25, 0.3) is 0 Å². The summed E-state index contributed by atoms with van der Waals surface area (Å²) in [4.78, 5) is 12.2. The first-order valence-corrected chi connectivity index (χ1v) is 6.48. The summed E-state index contributed by atoms with van der Waals surface area (Å²) in [5, 5.41) is 2.95. The molecule has 1 amide bonds. The molecule has 3 N–H and O–H groups in total. The van der Waals surface area contributed by atoms with Crippen molar-refractivity contribution in [2.45, 2.75) is 12.8 Å². The van der Waals surface area contributed by atoms with Crippen LogP contribution in [-0.4, -0.2) is 25.7 Å². The van der Waals surface area contributed by atoms with E-state index in [0.717, 1.165) is 24.1 Å². The number of rotatable bonds is 2. The van der Waals surface area contributed by atoms with E-state index in [9.17, 15) is 4.79 Å². The van der Waals surface area contributed by atoms with E-state index in [1.54, 1.807) is 0 Å². The van der Waals surface area contributed by atoms with Gasteiger partial charge in [-0.2, -0.15) is 0 Å². The lowest BCUT2D eigenvalue weighted by molar-refractivity contribution is -0.122. The lowest BCUT2D eigenvalue weighted by Crippen LogP contribution is -2.28. The number of carbonyl (C=O) groups excluding carboxylic acids is 1. The number of amides is 1. The highest BCUT2D eigenvalue weighted by Gasteiger charge is 2.21. The number of anilines is 1. The molecule has 0 unspecified atom stereocenters. The summed E-state index contributed by atoms with van der Waals surface area (Å²) in [5.41, 5.74) is 6.92. The Kier molecular flexibility index (Phi) is 4.96. The van der Waals surface area contributed by atoms with Gasteiger partial charge in [0.2, 0.25) is 5.91 Å². The summed E-state index contributed by atoms with van der Waals surface area (Å²) in [6.45, 7) is 1.63. The van der Waals surface area contributed by atoms with Crippen LogP contribution in [0, 0.1) is 17.8 Å². The molecule has 1 fully saturated rings. The molecule has 0 spiro atoms. The van der Waals surface area contributed by atoms with E-state index < -0.39 is 0 Å². The van der Waals surface area contributed by atoms with Crippen LogP contribution in [0.25, 0.3) is 0 Å². The quantitative estimate of drug-likeness (QED) is 0.787. The zero-order valence-electron chi connectivity index (χ0n) is 10.8. The van der Waals surface area contributed by atoms with Crippen molar-refractivity contribution >= 4 is 11.6 Å². The average Bonchev–Trinajstić information content (AvgIpc) is 2.47. The zero-order chi connectivity index (χ0) is 13.5. The molecule has 2 rings (SSSR count). The SMILES string of the molecule is NCC#Cc1ccccc1NC(=O)C1CCOCC1. The van der Waals surface area contributed by atoms with E-state index in [1.807, 2.05) is 24.3 Å². The fraction of sp³-hybridized carbons (Fsp3) is 0.400. The average molecular weight is 258 g/mol. The van der Waals surface area contributed by atoms with E-state index in [0.29, 0.717) is 19.8 Å². The molecule has 0 bridgehead atoms. The number of hydrogen-bond donors (Lipinski definition) is 2. The molecule has 1 aromatic rings. The van der Waals surface area contributed by atoms with Crippen LogP contribution < -0.4 is 11.1 Å². The molecule has 0 radical (unpaired) electrons. The number of carbonyl (C=O) groups is 1. The van der Waals surface area contributed by atoms with Gasteiger partial charge in [-0.15, -0.1) is 0 Å². The molecule has 0 aromatic heterocycles. The Morgan fingerprint density at radius 3 is 2.84 bits per heavy atom. The van der Waals surface area contributed by atoms with Gasteiger partial charge in [-0.1, -0.05) is 24.0 Å². The molecule has 4 nitrogen and oxygen atoms in total. The number of para-hydroxylation sites is 1. The summed E-state index contributed by atoms with van der Waals surface area (Å²) >= 11 is 0. The molecule has 0 saturated carbocycles. The van der Waals surface area contributed by atoms with Gasteiger partial charge in [-0.3, -0.25) is 4.79 Å². The molecule has 1 aliphatic rings. The Balaban J connectivity index is 2.07. The van der Waals surface area contributed by atoms with E-state index in [-0.39, 0.29) is 11.8 Å². The van der Waals surface area contributed by atoms with Crippen LogP contribution in [0.3, 0.4) is 0 Å². The minimum atomic E-state index is 0.0317. The number of nitrogens with two attached hydrogens (primary N) is 1. The van der Waals surface area contributed by atoms with Gasteiger partial charge >= 0.3 is 0 Å². The summed E-state index contributed by atoms with van der Waals surface area (Å²) in [5.74, 6) is 5.85.